The van der Waals surface area contributed by atoms with Gasteiger partial charge in [0.2, 0.25) is 5.91 Å². The summed E-state index contributed by atoms with van der Waals surface area (Å²) in [5.41, 5.74) is 1.68. The van der Waals surface area contributed by atoms with Crippen LogP contribution in [0, 0.1) is 5.92 Å². The van der Waals surface area contributed by atoms with Crippen LogP contribution in [0.15, 0.2) is 47.1 Å². The van der Waals surface area contributed by atoms with E-state index in [4.69, 9.17) is 0 Å². The third-order valence-electron chi connectivity index (χ3n) is 3.33. The summed E-state index contributed by atoms with van der Waals surface area (Å²) in [5, 5.41) is 6.14. The minimum Gasteiger partial charge on any atom is -0.370 e. The van der Waals surface area contributed by atoms with Gasteiger partial charge in [-0.25, -0.2) is 4.98 Å². The molecule has 23 heavy (non-hydrogen) atoms. The Kier molecular flexibility index (Phi) is 6.59. The summed E-state index contributed by atoms with van der Waals surface area (Å²) < 4.78 is 0.973. The standard InChI is InChI=1S/C18H22BrN3O/c1-13(2)8-9-20-17-7-6-16(12-21-17)22-18(23)11-14-4-3-5-15(19)10-14/h3-7,10,12-13H,8-9,11H2,1-2H3,(H,20,21)(H,22,23). The average Bonchev–Trinajstić information content (AvgIpc) is 2.48. The van der Waals surface area contributed by atoms with Gasteiger partial charge in [0.15, 0.2) is 0 Å². The molecule has 0 aliphatic heterocycles. The minimum atomic E-state index is -0.0505. The van der Waals surface area contributed by atoms with Crippen LogP contribution < -0.4 is 10.6 Å². The molecule has 0 spiro atoms. The molecule has 1 amide bonds. The van der Waals surface area contributed by atoms with Crippen LogP contribution in [0.4, 0.5) is 11.5 Å². The number of amides is 1. The molecule has 0 saturated heterocycles. The highest BCUT2D eigenvalue weighted by Gasteiger charge is 2.05. The number of aromatic nitrogens is 1. The molecular formula is C18H22BrN3O. The van der Waals surface area contributed by atoms with Gasteiger partial charge in [-0.1, -0.05) is 41.9 Å². The Labute approximate surface area is 145 Å². The Bertz CT molecular complexity index is 641. The molecule has 2 rings (SSSR count). The molecule has 1 aromatic heterocycles. The van der Waals surface area contributed by atoms with E-state index in [1.54, 1.807) is 6.20 Å². The Balaban J connectivity index is 1.84. The molecule has 0 aliphatic carbocycles. The Morgan fingerprint density at radius 1 is 1.26 bits per heavy atom. The van der Waals surface area contributed by atoms with Gasteiger partial charge in [-0.15, -0.1) is 0 Å². The summed E-state index contributed by atoms with van der Waals surface area (Å²) in [6.45, 7) is 5.29. The SMILES string of the molecule is CC(C)CCNc1ccc(NC(=O)Cc2cccc(Br)c2)cn1. The third-order valence-corrected chi connectivity index (χ3v) is 3.82. The smallest absolute Gasteiger partial charge is 0.228 e. The van der Waals surface area contributed by atoms with Crippen LogP contribution in [0.1, 0.15) is 25.8 Å². The number of carbonyl (C=O) groups excluding carboxylic acids is 1. The third kappa shape index (κ3) is 6.40. The fourth-order valence-electron chi connectivity index (χ4n) is 2.10. The van der Waals surface area contributed by atoms with Crippen molar-refractivity contribution in [2.24, 2.45) is 5.92 Å². The summed E-state index contributed by atoms with van der Waals surface area (Å²) in [7, 11) is 0. The number of nitrogens with one attached hydrogen (secondary N) is 2. The van der Waals surface area contributed by atoms with Gasteiger partial charge in [0.05, 0.1) is 18.3 Å². The summed E-state index contributed by atoms with van der Waals surface area (Å²) >= 11 is 3.41. The van der Waals surface area contributed by atoms with Gasteiger partial charge in [0.1, 0.15) is 5.82 Å². The summed E-state index contributed by atoms with van der Waals surface area (Å²) in [6.07, 6.45) is 3.12. The van der Waals surface area contributed by atoms with Crippen molar-refractivity contribution < 1.29 is 4.79 Å². The van der Waals surface area contributed by atoms with E-state index in [1.807, 2.05) is 36.4 Å². The molecule has 0 atom stereocenters. The zero-order chi connectivity index (χ0) is 16.7. The molecule has 1 heterocycles. The first-order valence-electron chi connectivity index (χ1n) is 7.77. The molecule has 2 N–H and O–H groups in total. The molecule has 1 aromatic carbocycles. The minimum absolute atomic E-state index is 0.0505. The lowest BCUT2D eigenvalue weighted by Gasteiger charge is -2.09. The lowest BCUT2D eigenvalue weighted by atomic mass is 10.1. The maximum absolute atomic E-state index is 12.1. The highest BCUT2D eigenvalue weighted by molar-refractivity contribution is 9.10. The van der Waals surface area contributed by atoms with Crippen LogP contribution in [0.25, 0.3) is 0 Å². The van der Waals surface area contributed by atoms with E-state index in [2.05, 4.69) is 45.4 Å². The van der Waals surface area contributed by atoms with Crippen LogP contribution in [0.2, 0.25) is 0 Å². The quantitative estimate of drug-likeness (QED) is 0.749. The lowest BCUT2D eigenvalue weighted by Crippen LogP contribution is -2.14. The molecular weight excluding hydrogens is 354 g/mol. The van der Waals surface area contributed by atoms with Crippen LogP contribution in [-0.2, 0) is 11.2 Å². The van der Waals surface area contributed by atoms with Crippen molar-refractivity contribution in [1.29, 1.82) is 0 Å². The topological polar surface area (TPSA) is 54.0 Å². The maximum Gasteiger partial charge on any atom is 0.228 e. The first-order chi connectivity index (χ1) is 11.0. The molecule has 4 nitrogen and oxygen atoms in total. The van der Waals surface area contributed by atoms with Gasteiger partial charge < -0.3 is 10.6 Å². The Hall–Kier alpha value is -1.88. The number of anilines is 2. The van der Waals surface area contributed by atoms with Crippen LogP contribution in [0.3, 0.4) is 0 Å². The average molecular weight is 376 g/mol. The van der Waals surface area contributed by atoms with Crippen LogP contribution >= 0.6 is 15.9 Å². The molecule has 5 heteroatoms. The van der Waals surface area contributed by atoms with E-state index >= 15 is 0 Å². The van der Waals surface area contributed by atoms with Crippen molar-refractivity contribution in [3.63, 3.8) is 0 Å². The van der Waals surface area contributed by atoms with E-state index in [9.17, 15) is 4.79 Å². The van der Waals surface area contributed by atoms with E-state index in [0.29, 0.717) is 18.0 Å². The maximum atomic E-state index is 12.1. The number of benzene rings is 1. The number of hydrogen-bond acceptors (Lipinski definition) is 3. The van der Waals surface area contributed by atoms with E-state index in [-0.39, 0.29) is 5.91 Å². The highest BCUT2D eigenvalue weighted by Crippen LogP contribution is 2.14. The zero-order valence-electron chi connectivity index (χ0n) is 13.5. The Morgan fingerprint density at radius 2 is 2.09 bits per heavy atom. The fourth-order valence-corrected chi connectivity index (χ4v) is 2.55. The molecule has 0 unspecified atom stereocenters. The summed E-state index contributed by atoms with van der Waals surface area (Å²) in [5.74, 6) is 1.44. The number of pyridine rings is 1. The zero-order valence-corrected chi connectivity index (χ0v) is 15.1. The molecule has 2 aromatic rings. The number of carbonyl (C=O) groups is 1. The van der Waals surface area contributed by atoms with Crippen LogP contribution in [-0.4, -0.2) is 17.4 Å². The van der Waals surface area contributed by atoms with E-state index in [1.165, 1.54) is 0 Å². The van der Waals surface area contributed by atoms with Gasteiger partial charge in [-0.2, -0.15) is 0 Å². The molecule has 0 radical (unpaired) electrons. The van der Waals surface area contributed by atoms with Crippen LogP contribution in [0.5, 0.6) is 0 Å². The second-order valence-corrected chi connectivity index (χ2v) is 6.81. The molecule has 0 aliphatic rings. The molecule has 122 valence electrons. The summed E-state index contributed by atoms with van der Waals surface area (Å²) in [4.78, 5) is 16.4. The lowest BCUT2D eigenvalue weighted by molar-refractivity contribution is -0.115. The normalized spacial score (nSPS) is 10.6. The summed E-state index contributed by atoms with van der Waals surface area (Å²) in [6, 6.07) is 11.5. The van der Waals surface area contributed by atoms with Gasteiger partial charge >= 0.3 is 0 Å². The second kappa shape index (κ2) is 8.67. The van der Waals surface area contributed by atoms with E-state index < -0.39 is 0 Å². The number of halogens is 1. The number of nitrogens with zero attached hydrogens (tertiary/aromatic N) is 1. The molecule has 0 fully saturated rings. The largest absolute Gasteiger partial charge is 0.370 e. The number of hydrogen-bond donors (Lipinski definition) is 2. The van der Waals surface area contributed by atoms with Gasteiger partial charge in [-0.3, -0.25) is 4.79 Å². The predicted octanol–water partition coefficient (Wildman–Crippen LogP) is 4.48. The second-order valence-electron chi connectivity index (χ2n) is 5.90. The fraction of sp³-hybridized carbons (Fsp3) is 0.333. The van der Waals surface area contributed by atoms with Crippen molar-refractivity contribution in [3.05, 3.63) is 52.6 Å². The Morgan fingerprint density at radius 3 is 2.74 bits per heavy atom. The monoisotopic (exact) mass is 375 g/mol. The van der Waals surface area contributed by atoms with E-state index in [0.717, 1.165) is 28.8 Å². The molecule has 0 saturated carbocycles. The van der Waals surface area contributed by atoms with Crippen molar-refractivity contribution >= 4 is 33.3 Å². The van der Waals surface area contributed by atoms with Crippen molar-refractivity contribution in [1.82, 2.24) is 4.98 Å². The van der Waals surface area contributed by atoms with Gasteiger partial charge in [0, 0.05) is 11.0 Å². The van der Waals surface area contributed by atoms with Crippen molar-refractivity contribution in [2.45, 2.75) is 26.7 Å². The number of rotatable bonds is 7. The first-order valence-corrected chi connectivity index (χ1v) is 8.56. The van der Waals surface area contributed by atoms with Gasteiger partial charge in [0.25, 0.3) is 0 Å². The highest BCUT2D eigenvalue weighted by atomic mass is 79.9. The predicted molar refractivity (Wildman–Crippen MR) is 98.7 cm³/mol. The van der Waals surface area contributed by atoms with Crippen molar-refractivity contribution in [2.75, 3.05) is 17.2 Å². The van der Waals surface area contributed by atoms with Crippen molar-refractivity contribution in [3.8, 4) is 0 Å². The molecule has 0 bridgehead atoms. The van der Waals surface area contributed by atoms with Gasteiger partial charge in [-0.05, 0) is 42.2 Å². The first kappa shape index (κ1) is 17.5.